The highest BCUT2D eigenvalue weighted by Crippen LogP contribution is 2.20. The van der Waals surface area contributed by atoms with E-state index in [1.165, 1.54) is 11.1 Å². The summed E-state index contributed by atoms with van der Waals surface area (Å²) >= 11 is 0. The molecule has 1 aliphatic rings. The monoisotopic (exact) mass is 331 g/mol. The smallest absolute Gasteiger partial charge is 0.335 e. The molecule has 1 atom stereocenters. The molecule has 4 amide bonds. The van der Waals surface area contributed by atoms with Gasteiger partial charge in [0.25, 0.3) is 5.91 Å². The molecule has 7 heteroatoms. The molecule has 1 aromatic carbocycles. The van der Waals surface area contributed by atoms with Gasteiger partial charge in [-0.1, -0.05) is 19.1 Å². The van der Waals surface area contributed by atoms with Crippen molar-refractivity contribution in [2.45, 2.75) is 13.3 Å². The Bertz CT molecular complexity index is 652. The second-order valence-corrected chi connectivity index (χ2v) is 5.98. The molecule has 7 nitrogen and oxygen atoms in total. The van der Waals surface area contributed by atoms with Gasteiger partial charge in [0.2, 0.25) is 5.91 Å². The molecule has 0 radical (unpaired) electrons. The predicted molar refractivity (Wildman–Crippen MR) is 91.4 cm³/mol. The number of carbonyl (C=O) groups excluding carboxylic acids is 3. The maximum absolute atomic E-state index is 12.6. The van der Waals surface area contributed by atoms with Crippen LogP contribution < -0.4 is 15.1 Å². The molecule has 0 saturated carbocycles. The number of likely N-dealkylation sites (N-methyl/N-ethyl adjacent to an activating group) is 1. The number of amides is 4. The van der Waals surface area contributed by atoms with Crippen molar-refractivity contribution in [2.24, 2.45) is 10.9 Å². The number of quaternary nitrogens is 1. The minimum Gasteiger partial charge on any atom is -0.338 e. The second kappa shape index (κ2) is 7.83. The molecule has 1 saturated heterocycles. The van der Waals surface area contributed by atoms with Crippen LogP contribution in [0.4, 0.5) is 10.5 Å². The highest BCUT2D eigenvalue weighted by Gasteiger charge is 2.40. The summed E-state index contributed by atoms with van der Waals surface area (Å²) < 4.78 is 0. The predicted octanol–water partition coefficient (Wildman–Crippen LogP) is -0.337. The summed E-state index contributed by atoms with van der Waals surface area (Å²) in [7, 11) is 3.99. The van der Waals surface area contributed by atoms with Crippen LogP contribution in [0.3, 0.4) is 0 Å². The summed E-state index contributed by atoms with van der Waals surface area (Å²) in [5.41, 5.74) is 1.54. The van der Waals surface area contributed by atoms with Crippen LogP contribution in [0, 0.1) is 5.92 Å². The number of carbonyl (C=O) groups is 3. The van der Waals surface area contributed by atoms with E-state index in [9.17, 15) is 14.4 Å². The van der Waals surface area contributed by atoms with Crippen molar-refractivity contribution < 1.29 is 19.3 Å². The highest BCUT2D eigenvalue weighted by atomic mass is 16.2. The summed E-state index contributed by atoms with van der Waals surface area (Å²) in [6.07, 6.45) is 2.20. The van der Waals surface area contributed by atoms with Gasteiger partial charge in [-0.15, -0.1) is 0 Å². The van der Waals surface area contributed by atoms with Gasteiger partial charge in [0.1, 0.15) is 0 Å². The number of anilines is 1. The summed E-state index contributed by atoms with van der Waals surface area (Å²) in [5.74, 6) is -2.29. The maximum atomic E-state index is 12.6. The van der Waals surface area contributed by atoms with E-state index < -0.39 is 23.8 Å². The van der Waals surface area contributed by atoms with Crippen LogP contribution in [0.25, 0.3) is 0 Å². The number of nitrogens with one attached hydrogen (secondary N) is 2. The molecule has 0 aromatic heterocycles. The summed E-state index contributed by atoms with van der Waals surface area (Å²) in [4.78, 5) is 42.9. The van der Waals surface area contributed by atoms with Crippen molar-refractivity contribution in [2.75, 3.05) is 32.1 Å². The first-order chi connectivity index (χ1) is 11.4. The Balaban J connectivity index is 2.17. The Morgan fingerprint density at radius 3 is 2.46 bits per heavy atom. The fraction of sp³-hybridized carbons (Fsp3) is 0.412. The minimum absolute atomic E-state index is 0.443. The number of imide groups is 2. The molecular weight excluding hydrogens is 308 g/mol. The molecule has 2 N–H and O–H groups in total. The fourth-order valence-electron chi connectivity index (χ4n) is 2.32. The standard InChI is InChI=1S/C17H22N4O3/c1-4-12-5-7-13(8-6-12)21-16(23)14(15(22)19-17(21)24)11-18-9-10-20(2)3/h5-8,11,14H,4,9-10H2,1-3H3,(H,19,22,24)/p+1/t14-/m1/s1. The van der Waals surface area contributed by atoms with Crippen LogP contribution in [0.1, 0.15) is 12.5 Å². The topological polar surface area (TPSA) is 83.3 Å². The van der Waals surface area contributed by atoms with Crippen molar-refractivity contribution in [1.82, 2.24) is 5.32 Å². The lowest BCUT2D eigenvalue weighted by Gasteiger charge is -2.28. The highest BCUT2D eigenvalue weighted by molar-refractivity contribution is 6.32. The SMILES string of the molecule is CCc1ccc(N2C(=O)NC(=O)[C@@H](C=NCC[NH+](C)C)C2=O)cc1. The molecule has 0 unspecified atom stereocenters. The third kappa shape index (κ3) is 4.05. The zero-order valence-corrected chi connectivity index (χ0v) is 14.2. The first kappa shape index (κ1) is 17.8. The number of rotatable bonds is 6. The van der Waals surface area contributed by atoms with Gasteiger partial charge >= 0.3 is 6.03 Å². The van der Waals surface area contributed by atoms with Gasteiger partial charge in [0.15, 0.2) is 5.92 Å². The largest absolute Gasteiger partial charge is 0.338 e. The number of barbiturate groups is 1. The molecule has 2 rings (SSSR count). The van der Waals surface area contributed by atoms with Crippen molar-refractivity contribution in [3.63, 3.8) is 0 Å². The van der Waals surface area contributed by atoms with Crippen LogP contribution >= 0.6 is 0 Å². The number of hydrogen-bond acceptors (Lipinski definition) is 4. The van der Waals surface area contributed by atoms with Crippen LogP contribution in [0.5, 0.6) is 0 Å². The van der Waals surface area contributed by atoms with Gasteiger partial charge in [-0.25, -0.2) is 9.69 Å². The molecule has 24 heavy (non-hydrogen) atoms. The van der Waals surface area contributed by atoms with Crippen molar-refractivity contribution in [3.05, 3.63) is 29.8 Å². The van der Waals surface area contributed by atoms with E-state index in [0.717, 1.165) is 23.4 Å². The Morgan fingerprint density at radius 2 is 1.88 bits per heavy atom. The molecule has 1 fully saturated rings. The van der Waals surface area contributed by atoms with Gasteiger partial charge in [-0.2, -0.15) is 0 Å². The zero-order chi connectivity index (χ0) is 17.7. The number of benzene rings is 1. The minimum atomic E-state index is -1.08. The van der Waals surface area contributed by atoms with Gasteiger partial charge < -0.3 is 4.90 Å². The quantitative estimate of drug-likeness (QED) is 0.553. The molecule has 128 valence electrons. The van der Waals surface area contributed by atoms with Crippen LogP contribution in [0.15, 0.2) is 29.3 Å². The lowest BCUT2D eigenvalue weighted by atomic mass is 10.1. The van der Waals surface area contributed by atoms with Crippen LogP contribution in [-0.4, -0.2) is 51.2 Å². The van der Waals surface area contributed by atoms with E-state index in [-0.39, 0.29) is 0 Å². The lowest BCUT2D eigenvalue weighted by molar-refractivity contribution is -0.856. The Kier molecular flexibility index (Phi) is 5.81. The average Bonchev–Trinajstić information content (AvgIpc) is 2.54. The van der Waals surface area contributed by atoms with E-state index >= 15 is 0 Å². The molecule has 0 bridgehead atoms. The Morgan fingerprint density at radius 1 is 1.21 bits per heavy atom. The molecule has 0 aliphatic carbocycles. The van der Waals surface area contributed by atoms with E-state index in [1.807, 2.05) is 33.2 Å². The fourth-order valence-corrected chi connectivity index (χ4v) is 2.32. The number of hydrogen-bond donors (Lipinski definition) is 2. The van der Waals surface area contributed by atoms with Gasteiger partial charge in [-0.05, 0) is 24.1 Å². The summed E-state index contributed by atoms with van der Waals surface area (Å²) in [6, 6.07) is 6.40. The third-order valence-corrected chi connectivity index (χ3v) is 3.80. The Labute approximate surface area is 141 Å². The van der Waals surface area contributed by atoms with Gasteiger partial charge in [0.05, 0.1) is 32.9 Å². The second-order valence-electron chi connectivity index (χ2n) is 5.98. The first-order valence-electron chi connectivity index (χ1n) is 8.00. The van der Waals surface area contributed by atoms with Crippen molar-refractivity contribution >= 4 is 29.7 Å². The number of aryl methyl sites for hydroxylation is 1. The Hall–Kier alpha value is -2.54. The summed E-state index contributed by atoms with van der Waals surface area (Å²) in [6.45, 7) is 3.33. The number of urea groups is 1. The first-order valence-corrected chi connectivity index (χ1v) is 8.00. The number of aliphatic imine (C=N–C) groups is 1. The van der Waals surface area contributed by atoms with E-state index in [1.54, 1.807) is 12.1 Å². The number of nitrogens with zero attached hydrogens (tertiary/aromatic N) is 2. The van der Waals surface area contributed by atoms with Gasteiger partial charge in [0, 0.05) is 6.21 Å². The van der Waals surface area contributed by atoms with E-state index in [0.29, 0.717) is 12.2 Å². The lowest BCUT2D eigenvalue weighted by Crippen LogP contribution is -3.06. The van der Waals surface area contributed by atoms with Crippen molar-refractivity contribution in [1.29, 1.82) is 0 Å². The molecule has 1 aromatic rings. The van der Waals surface area contributed by atoms with Crippen LogP contribution in [0.2, 0.25) is 0 Å². The van der Waals surface area contributed by atoms with E-state index in [2.05, 4.69) is 10.3 Å². The summed E-state index contributed by atoms with van der Waals surface area (Å²) in [5, 5.41) is 2.22. The molecule has 1 aliphatic heterocycles. The molecule has 1 heterocycles. The third-order valence-electron chi connectivity index (χ3n) is 3.80. The zero-order valence-electron chi connectivity index (χ0n) is 14.2. The molecular formula is C17H23N4O3+. The van der Waals surface area contributed by atoms with E-state index in [4.69, 9.17) is 0 Å². The normalized spacial score (nSPS) is 18.6. The van der Waals surface area contributed by atoms with Crippen LogP contribution in [-0.2, 0) is 16.0 Å². The van der Waals surface area contributed by atoms with Gasteiger partial charge in [-0.3, -0.25) is 19.9 Å². The van der Waals surface area contributed by atoms with Crippen molar-refractivity contribution in [3.8, 4) is 0 Å². The molecule has 0 spiro atoms. The maximum Gasteiger partial charge on any atom is 0.335 e. The average molecular weight is 331 g/mol.